The molecule has 0 aliphatic carbocycles. The van der Waals surface area contributed by atoms with Crippen LogP contribution in [0.5, 0.6) is 0 Å². The number of alkyl halides is 1. The van der Waals surface area contributed by atoms with E-state index in [1.807, 2.05) is 0 Å². The van der Waals surface area contributed by atoms with Crippen molar-refractivity contribution in [2.75, 3.05) is 50.1 Å². The third-order valence-electron chi connectivity index (χ3n) is 4.53. The maximum Gasteiger partial charge on any atom is 0.160 e. The molecule has 10 heteroatoms. The molecule has 1 aliphatic heterocycles. The maximum atomic E-state index is 13.5. The number of piperazine rings is 1. The number of pyridine rings is 1. The molecule has 0 saturated carbocycles. The van der Waals surface area contributed by atoms with E-state index in [0.29, 0.717) is 17.1 Å². The van der Waals surface area contributed by atoms with E-state index in [4.69, 9.17) is 0 Å². The zero-order valence-electron chi connectivity index (χ0n) is 14.4. The fourth-order valence-electron chi connectivity index (χ4n) is 3.26. The van der Waals surface area contributed by atoms with Gasteiger partial charge in [-0.15, -0.1) is 10.0 Å². The van der Waals surface area contributed by atoms with E-state index in [0.717, 1.165) is 42.9 Å². The van der Waals surface area contributed by atoms with Crippen molar-refractivity contribution in [3.63, 3.8) is 0 Å². The fraction of sp³-hybridized carbons (Fsp3) is 0.438. The second-order valence-corrected chi connectivity index (χ2v) is 6.09. The number of fused-ring (bicyclic) bond motifs is 1. The van der Waals surface area contributed by atoms with Crippen molar-refractivity contribution >= 4 is 22.4 Å². The number of rotatable bonds is 5. The van der Waals surface area contributed by atoms with Gasteiger partial charge in [-0.3, -0.25) is 9.67 Å². The Morgan fingerprint density at radius 3 is 2.81 bits per heavy atom. The Labute approximate surface area is 148 Å². The predicted molar refractivity (Wildman–Crippen MR) is 95.9 cm³/mol. The molecule has 1 saturated heterocycles. The van der Waals surface area contributed by atoms with Gasteiger partial charge in [-0.1, -0.05) is 4.48 Å². The van der Waals surface area contributed by atoms with E-state index >= 15 is 0 Å². The Morgan fingerprint density at radius 2 is 2.08 bits per heavy atom. The number of nitrogens with zero attached hydrogens (tertiary/aromatic N) is 6. The second kappa shape index (κ2) is 6.87. The summed E-state index contributed by atoms with van der Waals surface area (Å²) in [6.07, 6.45) is 2.95. The van der Waals surface area contributed by atoms with Crippen LogP contribution in [-0.2, 0) is 6.54 Å². The lowest BCUT2D eigenvalue weighted by molar-refractivity contribution is 0.317. The fourth-order valence-corrected chi connectivity index (χ4v) is 3.26. The molecule has 0 atom stereocenters. The molecule has 26 heavy (non-hydrogen) atoms. The molecule has 3 aromatic rings. The third-order valence-corrected chi connectivity index (χ3v) is 4.53. The Bertz CT molecular complexity index is 913. The lowest BCUT2D eigenvalue weighted by Crippen LogP contribution is -2.43. The first-order chi connectivity index (χ1) is 12.7. The molecule has 0 amide bonds. The standard InChI is InChI=1S/C16H20F2N8/c1-19-13-10-26(18)22-15(13)12-8-14-11(9-21-12)16(23-25(14)5-2-17)24-6-3-20-4-7-24/h8-10,19-20H,2-7H2,1H3. The molecule has 4 rings (SSSR count). The van der Waals surface area contributed by atoms with Gasteiger partial charge in [0.25, 0.3) is 0 Å². The summed E-state index contributed by atoms with van der Waals surface area (Å²) < 4.78 is 28.1. The summed E-state index contributed by atoms with van der Waals surface area (Å²) >= 11 is 0. The zero-order chi connectivity index (χ0) is 18.1. The van der Waals surface area contributed by atoms with Gasteiger partial charge in [0.15, 0.2) is 5.82 Å². The van der Waals surface area contributed by atoms with Crippen molar-refractivity contribution in [3.05, 3.63) is 18.5 Å². The largest absolute Gasteiger partial charge is 0.385 e. The van der Waals surface area contributed by atoms with Crippen LogP contribution in [0.25, 0.3) is 22.3 Å². The highest BCUT2D eigenvalue weighted by molar-refractivity contribution is 5.92. The highest BCUT2D eigenvalue weighted by atomic mass is 19.2. The monoisotopic (exact) mass is 362 g/mol. The highest BCUT2D eigenvalue weighted by Crippen LogP contribution is 2.31. The first-order valence-electron chi connectivity index (χ1n) is 8.53. The van der Waals surface area contributed by atoms with Crippen molar-refractivity contribution in [2.45, 2.75) is 6.54 Å². The molecular formula is C16H20F2N8. The topological polar surface area (TPSA) is 75.8 Å². The van der Waals surface area contributed by atoms with Crippen LogP contribution in [0.2, 0.25) is 0 Å². The van der Waals surface area contributed by atoms with E-state index in [1.54, 1.807) is 24.0 Å². The smallest absolute Gasteiger partial charge is 0.160 e. The van der Waals surface area contributed by atoms with Gasteiger partial charge in [0.2, 0.25) is 0 Å². The van der Waals surface area contributed by atoms with Crippen LogP contribution in [0.3, 0.4) is 0 Å². The average Bonchev–Trinajstić information content (AvgIpc) is 3.23. The quantitative estimate of drug-likeness (QED) is 0.716. The number of anilines is 2. The highest BCUT2D eigenvalue weighted by Gasteiger charge is 2.21. The number of halogens is 2. The minimum absolute atomic E-state index is 0.155. The molecule has 4 heterocycles. The first kappa shape index (κ1) is 16.7. The van der Waals surface area contributed by atoms with E-state index in [-0.39, 0.29) is 11.4 Å². The Morgan fingerprint density at radius 1 is 1.27 bits per heavy atom. The lowest BCUT2D eigenvalue weighted by Gasteiger charge is -2.27. The predicted octanol–water partition coefficient (Wildman–Crippen LogP) is 1.45. The molecule has 3 aromatic heterocycles. The van der Waals surface area contributed by atoms with Crippen LogP contribution in [0.15, 0.2) is 18.5 Å². The van der Waals surface area contributed by atoms with Crippen molar-refractivity contribution in [1.82, 2.24) is 30.1 Å². The van der Waals surface area contributed by atoms with Crippen molar-refractivity contribution in [3.8, 4) is 11.4 Å². The molecule has 1 aliphatic rings. The number of nitrogens with one attached hydrogen (secondary N) is 2. The van der Waals surface area contributed by atoms with Crippen LogP contribution < -0.4 is 15.5 Å². The summed E-state index contributed by atoms with van der Waals surface area (Å²) in [6, 6.07) is 1.78. The van der Waals surface area contributed by atoms with Crippen LogP contribution in [0, 0.1) is 0 Å². The first-order valence-corrected chi connectivity index (χ1v) is 8.53. The Hall–Kier alpha value is -2.75. The van der Waals surface area contributed by atoms with Gasteiger partial charge in [0.1, 0.15) is 12.4 Å². The zero-order valence-corrected chi connectivity index (χ0v) is 14.4. The molecule has 0 unspecified atom stereocenters. The summed E-state index contributed by atoms with van der Waals surface area (Å²) in [5, 5.41) is 15.5. The second-order valence-electron chi connectivity index (χ2n) is 6.09. The van der Waals surface area contributed by atoms with E-state index in [2.05, 4.69) is 30.7 Å². The third kappa shape index (κ3) is 2.85. The van der Waals surface area contributed by atoms with Crippen LogP contribution in [0.4, 0.5) is 20.4 Å². The summed E-state index contributed by atoms with van der Waals surface area (Å²) in [4.78, 5) is 6.88. The summed E-state index contributed by atoms with van der Waals surface area (Å²) in [6.45, 7) is 3.06. The molecule has 1 fully saturated rings. The molecule has 2 N–H and O–H groups in total. The molecule has 0 radical (unpaired) electrons. The van der Waals surface area contributed by atoms with Crippen molar-refractivity contribution in [1.29, 1.82) is 0 Å². The lowest BCUT2D eigenvalue weighted by atomic mass is 10.2. The molecular weight excluding hydrogens is 342 g/mol. The maximum absolute atomic E-state index is 13.5. The van der Waals surface area contributed by atoms with Gasteiger partial charge in [-0.25, -0.2) is 4.39 Å². The minimum atomic E-state index is -0.518. The number of hydrogen-bond acceptors (Lipinski definition) is 6. The molecule has 8 nitrogen and oxygen atoms in total. The average molecular weight is 362 g/mol. The summed E-state index contributed by atoms with van der Waals surface area (Å²) in [7, 11) is 1.69. The van der Waals surface area contributed by atoms with Crippen molar-refractivity contribution < 1.29 is 8.87 Å². The Kier molecular flexibility index (Phi) is 4.41. The van der Waals surface area contributed by atoms with E-state index in [1.165, 1.54) is 6.20 Å². The van der Waals surface area contributed by atoms with E-state index in [9.17, 15) is 8.87 Å². The molecule has 0 bridgehead atoms. The summed E-state index contributed by atoms with van der Waals surface area (Å²) in [5.74, 6) is 0.805. The number of aryl methyl sites for hydroxylation is 1. The normalized spacial score (nSPS) is 15.0. The van der Waals surface area contributed by atoms with Crippen LogP contribution in [0.1, 0.15) is 0 Å². The van der Waals surface area contributed by atoms with Crippen LogP contribution in [-0.4, -0.2) is 64.7 Å². The summed E-state index contributed by atoms with van der Waals surface area (Å²) in [5.41, 5.74) is 2.19. The SMILES string of the molecule is CNc1cn(F)nc1-c1cc2c(cn1)c(N1CCNCC1)nn2CCF. The van der Waals surface area contributed by atoms with Gasteiger partial charge in [-0.2, -0.15) is 5.10 Å². The van der Waals surface area contributed by atoms with Gasteiger partial charge in [0.05, 0.1) is 35.0 Å². The molecule has 0 spiro atoms. The van der Waals surface area contributed by atoms with Crippen LogP contribution >= 0.6 is 0 Å². The van der Waals surface area contributed by atoms with Gasteiger partial charge in [0, 0.05) is 39.4 Å². The minimum Gasteiger partial charge on any atom is -0.385 e. The van der Waals surface area contributed by atoms with E-state index < -0.39 is 6.67 Å². The van der Waals surface area contributed by atoms with Gasteiger partial charge in [-0.05, 0) is 6.07 Å². The molecule has 138 valence electrons. The number of aromatic nitrogens is 5. The Balaban J connectivity index is 1.82. The molecule has 0 aromatic carbocycles. The van der Waals surface area contributed by atoms with Gasteiger partial charge < -0.3 is 15.5 Å². The van der Waals surface area contributed by atoms with Gasteiger partial charge >= 0.3 is 0 Å². The van der Waals surface area contributed by atoms with Crippen molar-refractivity contribution in [2.24, 2.45) is 0 Å². The number of hydrogen-bond donors (Lipinski definition) is 2.